The van der Waals surface area contributed by atoms with Crippen molar-refractivity contribution in [2.45, 2.75) is 26.3 Å². The lowest BCUT2D eigenvalue weighted by atomic mass is 10.0. The van der Waals surface area contributed by atoms with Crippen molar-refractivity contribution in [3.05, 3.63) is 53.5 Å². The van der Waals surface area contributed by atoms with Crippen molar-refractivity contribution in [3.63, 3.8) is 0 Å². The lowest BCUT2D eigenvalue weighted by molar-refractivity contribution is 0.275. The topological polar surface area (TPSA) is 41.1 Å². The molecule has 0 saturated heterocycles. The Bertz CT molecular complexity index is 553. The van der Waals surface area contributed by atoms with Crippen molar-refractivity contribution >= 4 is 5.82 Å². The van der Waals surface area contributed by atoms with Gasteiger partial charge in [0.1, 0.15) is 5.82 Å². The Morgan fingerprint density at radius 3 is 2.33 bits per heavy atom. The molecule has 2 heterocycles. The number of rotatable bonds is 4. The average molecular weight is 282 g/mol. The van der Waals surface area contributed by atoms with Gasteiger partial charge in [0.05, 0.1) is 18.1 Å². The molecule has 3 rings (SSSR count). The lowest BCUT2D eigenvalue weighted by Crippen LogP contribution is -2.26. The van der Waals surface area contributed by atoms with Crippen LogP contribution in [0.3, 0.4) is 0 Å². The van der Waals surface area contributed by atoms with Crippen LogP contribution in [-0.4, -0.2) is 34.5 Å². The van der Waals surface area contributed by atoms with Crippen LogP contribution in [-0.2, 0) is 19.4 Å². The minimum absolute atomic E-state index is 0.851. The number of anilines is 1. The van der Waals surface area contributed by atoms with Gasteiger partial charge in [-0.25, -0.2) is 4.98 Å². The van der Waals surface area contributed by atoms with Crippen molar-refractivity contribution in [2.24, 2.45) is 0 Å². The zero-order chi connectivity index (χ0) is 14.5. The van der Waals surface area contributed by atoms with E-state index >= 15 is 0 Å². The van der Waals surface area contributed by atoms with Gasteiger partial charge in [0, 0.05) is 26.2 Å². The van der Waals surface area contributed by atoms with E-state index in [1.165, 1.54) is 11.1 Å². The SMILES string of the molecule is CCNc1cnc(CN2CCc3ccccc3CC2)cn1. The van der Waals surface area contributed by atoms with Crippen LogP contribution in [0.5, 0.6) is 0 Å². The Morgan fingerprint density at radius 2 is 1.76 bits per heavy atom. The molecule has 1 aliphatic rings. The molecule has 0 spiro atoms. The number of nitrogens with zero attached hydrogens (tertiary/aromatic N) is 3. The number of hydrogen-bond donors (Lipinski definition) is 1. The van der Waals surface area contributed by atoms with Gasteiger partial charge in [0.15, 0.2) is 0 Å². The summed E-state index contributed by atoms with van der Waals surface area (Å²) in [4.78, 5) is 11.4. The number of fused-ring (bicyclic) bond motifs is 1. The number of hydrogen-bond acceptors (Lipinski definition) is 4. The Kier molecular flexibility index (Phi) is 4.46. The normalized spacial score (nSPS) is 15.3. The molecule has 0 atom stereocenters. The molecule has 1 aliphatic heterocycles. The van der Waals surface area contributed by atoms with E-state index < -0.39 is 0 Å². The summed E-state index contributed by atoms with van der Waals surface area (Å²) in [7, 11) is 0. The summed E-state index contributed by atoms with van der Waals surface area (Å²) in [5.41, 5.74) is 4.03. The van der Waals surface area contributed by atoms with Gasteiger partial charge >= 0.3 is 0 Å². The van der Waals surface area contributed by atoms with Crippen LogP contribution in [0.15, 0.2) is 36.7 Å². The van der Waals surface area contributed by atoms with E-state index in [2.05, 4.69) is 51.4 Å². The zero-order valence-corrected chi connectivity index (χ0v) is 12.5. The van der Waals surface area contributed by atoms with Gasteiger partial charge in [-0.2, -0.15) is 0 Å². The molecule has 0 aliphatic carbocycles. The number of benzene rings is 1. The van der Waals surface area contributed by atoms with E-state index in [4.69, 9.17) is 0 Å². The summed E-state index contributed by atoms with van der Waals surface area (Å²) in [6, 6.07) is 8.78. The monoisotopic (exact) mass is 282 g/mol. The largest absolute Gasteiger partial charge is 0.369 e. The molecule has 0 radical (unpaired) electrons. The van der Waals surface area contributed by atoms with Gasteiger partial charge in [-0.3, -0.25) is 9.88 Å². The van der Waals surface area contributed by atoms with Crippen LogP contribution < -0.4 is 5.32 Å². The molecule has 4 heteroatoms. The van der Waals surface area contributed by atoms with Gasteiger partial charge in [0.2, 0.25) is 0 Å². The Morgan fingerprint density at radius 1 is 1.05 bits per heavy atom. The second-order valence-electron chi connectivity index (χ2n) is 5.47. The Balaban J connectivity index is 1.61. The first-order valence-electron chi connectivity index (χ1n) is 7.69. The fourth-order valence-corrected chi connectivity index (χ4v) is 2.81. The third-order valence-electron chi connectivity index (χ3n) is 3.96. The fraction of sp³-hybridized carbons (Fsp3) is 0.412. The summed E-state index contributed by atoms with van der Waals surface area (Å²) in [5, 5.41) is 3.17. The molecule has 0 saturated carbocycles. The third kappa shape index (κ3) is 3.58. The first-order chi connectivity index (χ1) is 10.3. The van der Waals surface area contributed by atoms with Crippen molar-refractivity contribution < 1.29 is 0 Å². The van der Waals surface area contributed by atoms with Crippen molar-refractivity contribution in [1.29, 1.82) is 0 Å². The van der Waals surface area contributed by atoms with Crippen LogP contribution in [0.2, 0.25) is 0 Å². The van der Waals surface area contributed by atoms with Crippen molar-refractivity contribution in [3.8, 4) is 0 Å². The summed E-state index contributed by atoms with van der Waals surface area (Å²) in [6.07, 6.45) is 5.96. The molecule has 0 fully saturated rings. The van der Waals surface area contributed by atoms with E-state index in [1.54, 1.807) is 0 Å². The van der Waals surface area contributed by atoms with Gasteiger partial charge in [-0.1, -0.05) is 24.3 Å². The molecule has 21 heavy (non-hydrogen) atoms. The molecule has 0 unspecified atom stereocenters. The van der Waals surface area contributed by atoms with Crippen LogP contribution in [0.4, 0.5) is 5.82 Å². The molecule has 1 N–H and O–H groups in total. The van der Waals surface area contributed by atoms with Crippen LogP contribution in [0, 0.1) is 0 Å². The average Bonchev–Trinajstić information content (AvgIpc) is 2.72. The second kappa shape index (κ2) is 6.68. The maximum absolute atomic E-state index is 4.50. The minimum atomic E-state index is 0.851. The Hall–Kier alpha value is -1.94. The molecule has 2 aromatic rings. The van der Waals surface area contributed by atoms with E-state index in [1.807, 2.05) is 12.4 Å². The molecular weight excluding hydrogens is 260 g/mol. The second-order valence-corrected chi connectivity index (χ2v) is 5.47. The van der Waals surface area contributed by atoms with E-state index in [0.29, 0.717) is 0 Å². The Labute approximate surface area is 126 Å². The lowest BCUT2D eigenvalue weighted by Gasteiger charge is -2.19. The number of aromatic nitrogens is 2. The molecule has 0 amide bonds. The van der Waals surface area contributed by atoms with Crippen molar-refractivity contribution in [2.75, 3.05) is 25.0 Å². The van der Waals surface area contributed by atoms with E-state index in [9.17, 15) is 0 Å². The van der Waals surface area contributed by atoms with Crippen molar-refractivity contribution in [1.82, 2.24) is 14.9 Å². The molecule has 0 bridgehead atoms. The van der Waals surface area contributed by atoms with Gasteiger partial charge in [-0.05, 0) is 30.9 Å². The first-order valence-corrected chi connectivity index (χ1v) is 7.69. The highest BCUT2D eigenvalue weighted by atomic mass is 15.1. The maximum atomic E-state index is 4.50. The molecular formula is C17H22N4. The van der Waals surface area contributed by atoms with Gasteiger partial charge < -0.3 is 5.32 Å². The summed E-state index contributed by atoms with van der Waals surface area (Å²) in [6.45, 7) is 6.00. The highest BCUT2D eigenvalue weighted by Crippen LogP contribution is 2.16. The van der Waals surface area contributed by atoms with Gasteiger partial charge in [-0.15, -0.1) is 0 Å². The van der Waals surface area contributed by atoms with Crippen LogP contribution in [0.1, 0.15) is 23.7 Å². The predicted molar refractivity (Wildman–Crippen MR) is 85.3 cm³/mol. The number of nitrogens with one attached hydrogen (secondary N) is 1. The zero-order valence-electron chi connectivity index (χ0n) is 12.5. The summed E-state index contributed by atoms with van der Waals surface area (Å²) >= 11 is 0. The summed E-state index contributed by atoms with van der Waals surface area (Å²) in [5.74, 6) is 0.851. The minimum Gasteiger partial charge on any atom is -0.369 e. The summed E-state index contributed by atoms with van der Waals surface area (Å²) < 4.78 is 0. The predicted octanol–water partition coefficient (Wildman–Crippen LogP) is 2.51. The fourth-order valence-electron chi connectivity index (χ4n) is 2.81. The standard InChI is InChI=1S/C17H22N4/c1-2-18-17-12-19-16(11-20-17)13-21-9-7-14-5-3-4-6-15(14)8-10-21/h3-6,11-12H,2,7-10,13H2,1H3,(H,18,20). The molecule has 110 valence electrons. The molecule has 4 nitrogen and oxygen atoms in total. The highest BCUT2D eigenvalue weighted by Gasteiger charge is 2.14. The van der Waals surface area contributed by atoms with Gasteiger partial charge in [0.25, 0.3) is 0 Å². The quantitative estimate of drug-likeness (QED) is 0.935. The smallest absolute Gasteiger partial charge is 0.144 e. The molecule has 1 aromatic heterocycles. The van der Waals surface area contributed by atoms with Crippen LogP contribution in [0.25, 0.3) is 0 Å². The van der Waals surface area contributed by atoms with Crippen LogP contribution >= 0.6 is 0 Å². The highest BCUT2D eigenvalue weighted by molar-refractivity contribution is 5.31. The maximum Gasteiger partial charge on any atom is 0.144 e. The first kappa shape index (κ1) is 14.0. The van der Waals surface area contributed by atoms with E-state index in [-0.39, 0.29) is 0 Å². The third-order valence-corrected chi connectivity index (χ3v) is 3.96. The molecule has 1 aromatic carbocycles. The van der Waals surface area contributed by atoms with E-state index in [0.717, 1.165) is 50.5 Å².